The van der Waals surface area contributed by atoms with Gasteiger partial charge in [-0.2, -0.15) is 5.10 Å². The minimum atomic E-state index is -0.0426. The molecule has 3 aromatic rings. The molecule has 1 aliphatic heterocycles. The molecule has 2 aromatic heterocycles. The Labute approximate surface area is 163 Å². The fourth-order valence-electron chi connectivity index (χ4n) is 3.77. The number of likely N-dealkylation sites (tertiary alicyclic amines) is 1. The van der Waals surface area contributed by atoms with Crippen molar-refractivity contribution in [2.24, 2.45) is 0 Å². The maximum atomic E-state index is 12.9. The van der Waals surface area contributed by atoms with E-state index in [0.29, 0.717) is 18.0 Å². The van der Waals surface area contributed by atoms with Crippen molar-refractivity contribution in [3.8, 4) is 11.5 Å². The van der Waals surface area contributed by atoms with E-state index in [2.05, 4.69) is 10.1 Å². The van der Waals surface area contributed by atoms with Crippen molar-refractivity contribution in [1.29, 1.82) is 0 Å². The molecular weight excluding hydrogens is 356 g/mol. The van der Waals surface area contributed by atoms with Gasteiger partial charge in [0.2, 0.25) is 0 Å². The Hall–Kier alpha value is -3.09. The molecule has 7 nitrogen and oxygen atoms in total. The van der Waals surface area contributed by atoms with E-state index in [0.717, 1.165) is 35.4 Å². The summed E-state index contributed by atoms with van der Waals surface area (Å²) in [6.07, 6.45) is 3.63. The normalized spacial score (nSPS) is 16.5. The van der Waals surface area contributed by atoms with Crippen LogP contribution < -0.4 is 9.47 Å². The minimum Gasteiger partial charge on any atom is -0.493 e. The van der Waals surface area contributed by atoms with E-state index in [-0.39, 0.29) is 18.6 Å². The third kappa shape index (κ3) is 3.40. The Morgan fingerprint density at radius 2 is 2.07 bits per heavy atom. The molecule has 1 unspecified atom stereocenters. The summed E-state index contributed by atoms with van der Waals surface area (Å²) in [5, 5.41) is 4.54. The third-order valence-electron chi connectivity index (χ3n) is 5.09. The van der Waals surface area contributed by atoms with Gasteiger partial charge in [-0.1, -0.05) is 6.07 Å². The number of amides is 1. The zero-order valence-corrected chi connectivity index (χ0v) is 16.4. The number of ether oxygens (including phenoxy) is 2. The number of carbonyl (C=O) groups excluding carboxylic acids is 1. The smallest absolute Gasteiger partial charge is 0.261 e. The Morgan fingerprint density at radius 3 is 2.89 bits per heavy atom. The van der Waals surface area contributed by atoms with Crippen LogP contribution in [0.3, 0.4) is 0 Å². The van der Waals surface area contributed by atoms with Crippen molar-refractivity contribution >= 4 is 11.6 Å². The van der Waals surface area contributed by atoms with Gasteiger partial charge in [-0.25, -0.2) is 9.50 Å². The summed E-state index contributed by atoms with van der Waals surface area (Å²) in [7, 11) is 1.60. The predicted molar refractivity (Wildman–Crippen MR) is 105 cm³/mol. The summed E-state index contributed by atoms with van der Waals surface area (Å²) >= 11 is 0. The van der Waals surface area contributed by atoms with Crippen molar-refractivity contribution in [2.45, 2.75) is 32.7 Å². The molecular formula is C21H24N4O3. The number of rotatable bonds is 5. The first kappa shape index (κ1) is 18.3. The van der Waals surface area contributed by atoms with Crippen LogP contribution in [0.4, 0.5) is 0 Å². The van der Waals surface area contributed by atoms with Crippen molar-refractivity contribution in [2.75, 3.05) is 20.3 Å². The van der Waals surface area contributed by atoms with Crippen LogP contribution in [0.5, 0.6) is 11.5 Å². The fraction of sp³-hybridized carbons (Fsp3) is 0.381. The molecule has 1 aromatic carbocycles. The van der Waals surface area contributed by atoms with Crippen LogP contribution in [0.2, 0.25) is 0 Å². The Balaban J connectivity index is 1.52. The first-order chi connectivity index (χ1) is 13.6. The SMILES string of the molecule is COc1cc(C)ccc1OCC(=O)N1CCCC1c1ccnc2cc(C)nn12. The highest BCUT2D eigenvalue weighted by Crippen LogP contribution is 2.33. The zero-order chi connectivity index (χ0) is 19.7. The summed E-state index contributed by atoms with van der Waals surface area (Å²) in [5.41, 5.74) is 3.77. The van der Waals surface area contributed by atoms with E-state index < -0.39 is 0 Å². The Bertz CT molecular complexity index is 1010. The summed E-state index contributed by atoms with van der Waals surface area (Å²) in [6, 6.07) is 9.53. The highest BCUT2D eigenvalue weighted by Gasteiger charge is 2.32. The second-order valence-electron chi connectivity index (χ2n) is 7.11. The van der Waals surface area contributed by atoms with Gasteiger partial charge in [0.05, 0.1) is 24.5 Å². The topological polar surface area (TPSA) is 69.0 Å². The van der Waals surface area contributed by atoms with Crippen molar-refractivity contribution < 1.29 is 14.3 Å². The number of aromatic nitrogens is 3. The van der Waals surface area contributed by atoms with E-state index >= 15 is 0 Å². The quantitative estimate of drug-likeness (QED) is 0.680. The van der Waals surface area contributed by atoms with E-state index in [1.54, 1.807) is 13.3 Å². The molecule has 4 rings (SSSR count). The van der Waals surface area contributed by atoms with Gasteiger partial charge in [0.1, 0.15) is 0 Å². The molecule has 0 aliphatic carbocycles. The van der Waals surface area contributed by atoms with Crippen LogP contribution in [-0.2, 0) is 4.79 Å². The molecule has 0 radical (unpaired) electrons. The minimum absolute atomic E-state index is 0.0255. The molecule has 0 bridgehead atoms. The van der Waals surface area contributed by atoms with Crippen LogP contribution in [0.15, 0.2) is 36.5 Å². The van der Waals surface area contributed by atoms with Gasteiger partial charge in [-0.15, -0.1) is 0 Å². The van der Waals surface area contributed by atoms with Gasteiger partial charge >= 0.3 is 0 Å². The van der Waals surface area contributed by atoms with Crippen molar-refractivity contribution in [3.05, 3.63) is 53.5 Å². The molecule has 7 heteroatoms. The van der Waals surface area contributed by atoms with E-state index in [4.69, 9.17) is 9.47 Å². The number of carbonyl (C=O) groups is 1. The van der Waals surface area contributed by atoms with Crippen LogP contribution >= 0.6 is 0 Å². The summed E-state index contributed by atoms with van der Waals surface area (Å²) in [6.45, 7) is 4.61. The first-order valence-corrected chi connectivity index (χ1v) is 9.45. The lowest BCUT2D eigenvalue weighted by molar-refractivity contribution is -0.134. The largest absolute Gasteiger partial charge is 0.493 e. The molecule has 0 spiro atoms. The lowest BCUT2D eigenvalue weighted by Crippen LogP contribution is -2.35. The fourth-order valence-corrected chi connectivity index (χ4v) is 3.77. The second-order valence-corrected chi connectivity index (χ2v) is 7.11. The molecule has 3 heterocycles. The Kier molecular flexibility index (Phi) is 4.90. The summed E-state index contributed by atoms with van der Waals surface area (Å²) in [4.78, 5) is 19.2. The standard InChI is InChI=1S/C21H24N4O3/c1-14-6-7-18(19(11-14)27-3)28-13-21(26)24-10-4-5-16(24)17-8-9-22-20-12-15(2)23-25(17)20/h6-9,11-12,16H,4-5,10,13H2,1-3H3. The molecule has 1 amide bonds. The maximum absolute atomic E-state index is 12.9. The van der Waals surface area contributed by atoms with E-state index in [9.17, 15) is 4.79 Å². The van der Waals surface area contributed by atoms with Crippen LogP contribution in [0.1, 0.15) is 35.8 Å². The number of hydrogen-bond acceptors (Lipinski definition) is 5. The third-order valence-corrected chi connectivity index (χ3v) is 5.09. The maximum Gasteiger partial charge on any atom is 0.261 e. The van der Waals surface area contributed by atoms with Gasteiger partial charge in [-0.3, -0.25) is 4.79 Å². The number of nitrogens with zero attached hydrogens (tertiary/aromatic N) is 4. The van der Waals surface area contributed by atoms with Gasteiger partial charge in [-0.05, 0) is 50.5 Å². The van der Waals surface area contributed by atoms with E-state index in [1.807, 2.05) is 53.6 Å². The molecule has 1 atom stereocenters. The average molecular weight is 380 g/mol. The van der Waals surface area contributed by atoms with Gasteiger partial charge in [0.15, 0.2) is 23.8 Å². The van der Waals surface area contributed by atoms with Crippen molar-refractivity contribution in [3.63, 3.8) is 0 Å². The molecule has 1 saturated heterocycles. The lowest BCUT2D eigenvalue weighted by Gasteiger charge is -2.25. The molecule has 1 aliphatic rings. The Morgan fingerprint density at radius 1 is 1.21 bits per heavy atom. The number of fused-ring (bicyclic) bond motifs is 1. The second kappa shape index (κ2) is 7.50. The van der Waals surface area contributed by atoms with Crippen LogP contribution in [0, 0.1) is 13.8 Å². The molecule has 1 fully saturated rings. The molecule has 28 heavy (non-hydrogen) atoms. The monoisotopic (exact) mass is 380 g/mol. The van der Waals surface area contributed by atoms with Crippen molar-refractivity contribution in [1.82, 2.24) is 19.5 Å². The number of methoxy groups -OCH3 is 1. The highest BCUT2D eigenvalue weighted by molar-refractivity contribution is 5.78. The van der Waals surface area contributed by atoms with E-state index in [1.165, 1.54) is 0 Å². The number of benzene rings is 1. The molecule has 0 N–H and O–H groups in total. The predicted octanol–water partition coefficient (Wildman–Crippen LogP) is 3.10. The highest BCUT2D eigenvalue weighted by atomic mass is 16.5. The summed E-state index contributed by atoms with van der Waals surface area (Å²) < 4.78 is 13.0. The van der Waals surface area contributed by atoms with Gasteiger partial charge in [0.25, 0.3) is 5.91 Å². The molecule has 146 valence electrons. The van der Waals surface area contributed by atoms with Crippen LogP contribution in [0.25, 0.3) is 5.65 Å². The zero-order valence-electron chi connectivity index (χ0n) is 16.4. The van der Waals surface area contributed by atoms with Crippen LogP contribution in [-0.4, -0.2) is 45.7 Å². The number of hydrogen-bond donors (Lipinski definition) is 0. The van der Waals surface area contributed by atoms with Gasteiger partial charge in [0, 0.05) is 18.8 Å². The molecule has 0 saturated carbocycles. The first-order valence-electron chi connectivity index (χ1n) is 9.45. The average Bonchev–Trinajstić information content (AvgIpc) is 3.32. The van der Waals surface area contributed by atoms with Gasteiger partial charge < -0.3 is 14.4 Å². The lowest BCUT2D eigenvalue weighted by atomic mass is 10.1. The number of aryl methyl sites for hydroxylation is 2. The summed E-state index contributed by atoms with van der Waals surface area (Å²) in [5.74, 6) is 1.17.